The Morgan fingerprint density at radius 1 is 1.22 bits per heavy atom. The number of carboxylic acids is 1. The maximum absolute atomic E-state index is 12.7. The molecule has 1 aliphatic carbocycles. The van der Waals surface area contributed by atoms with E-state index in [1.54, 1.807) is 23.1 Å². The number of benzene rings is 1. The smallest absolute Gasteiger partial charge is 0.344 e. The van der Waals surface area contributed by atoms with E-state index < -0.39 is 5.97 Å². The second-order valence-electron chi connectivity index (χ2n) is 6.37. The molecule has 3 rings (SSSR count). The molecule has 0 spiro atoms. The quantitative estimate of drug-likeness (QED) is 0.637. The van der Waals surface area contributed by atoms with Crippen molar-refractivity contribution in [1.29, 1.82) is 0 Å². The summed E-state index contributed by atoms with van der Waals surface area (Å²) < 4.78 is 5.81. The second-order valence-corrected chi connectivity index (χ2v) is 6.37. The fourth-order valence-electron chi connectivity index (χ4n) is 2.99. The molecule has 27 heavy (non-hydrogen) atoms. The third-order valence-corrected chi connectivity index (χ3v) is 4.53. The molecule has 7 heteroatoms. The van der Waals surface area contributed by atoms with Gasteiger partial charge in [0.25, 0.3) is 5.91 Å². The molecule has 0 bridgehead atoms. The summed E-state index contributed by atoms with van der Waals surface area (Å²) in [5, 5.41) is 11.8. The van der Waals surface area contributed by atoms with Crippen LogP contribution in [0.25, 0.3) is 0 Å². The van der Waals surface area contributed by atoms with E-state index in [9.17, 15) is 14.5 Å². The highest BCUT2D eigenvalue weighted by Crippen LogP contribution is 2.23. The van der Waals surface area contributed by atoms with Crippen LogP contribution in [-0.4, -0.2) is 41.1 Å². The zero-order valence-electron chi connectivity index (χ0n) is 14.8. The SMILES string of the molecule is Cc1ccc(N=O)cc1C(=O)N1CCC(OC2=C=C=C(C(=O)O)C=C2)CC1. The van der Waals surface area contributed by atoms with Crippen molar-refractivity contribution in [3.63, 3.8) is 0 Å². The van der Waals surface area contributed by atoms with Crippen LogP contribution in [0.15, 0.2) is 58.3 Å². The van der Waals surface area contributed by atoms with Gasteiger partial charge in [0.1, 0.15) is 17.4 Å². The van der Waals surface area contributed by atoms with Gasteiger partial charge in [-0.1, -0.05) is 11.8 Å². The number of aryl methyl sites for hydroxylation is 1. The Morgan fingerprint density at radius 3 is 2.56 bits per heavy atom. The number of nitrogens with zero attached hydrogens (tertiary/aromatic N) is 2. The molecule has 0 atom stereocenters. The third kappa shape index (κ3) is 4.23. The fraction of sp³-hybridized carbons (Fsp3) is 0.300. The van der Waals surface area contributed by atoms with Crippen molar-refractivity contribution in [3.05, 3.63) is 69.2 Å². The minimum absolute atomic E-state index is 0.0326. The van der Waals surface area contributed by atoms with Crippen molar-refractivity contribution in [2.45, 2.75) is 25.9 Å². The van der Waals surface area contributed by atoms with Gasteiger partial charge in [-0.25, -0.2) is 4.79 Å². The number of carbonyl (C=O) groups is 2. The summed E-state index contributed by atoms with van der Waals surface area (Å²) in [4.78, 5) is 36.0. The first-order chi connectivity index (χ1) is 13.0. The predicted octanol–water partition coefficient (Wildman–Crippen LogP) is 3.23. The van der Waals surface area contributed by atoms with E-state index in [0.29, 0.717) is 37.3 Å². The Bertz CT molecular complexity index is 926. The molecule has 0 aromatic heterocycles. The second kappa shape index (κ2) is 7.87. The van der Waals surface area contributed by atoms with E-state index in [1.807, 2.05) is 6.92 Å². The third-order valence-electron chi connectivity index (χ3n) is 4.53. The molecule has 1 aliphatic heterocycles. The number of hydrogen-bond acceptors (Lipinski definition) is 5. The van der Waals surface area contributed by atoms with Crippen molar-refractivity contribution in [1.82, 2.24) is 4.90 Å². The number of allylic oxidation sites excluding steroid dienone is 1. The minimum atomic E-state index is -1.06. The van der Waals surface area contributed by atoms with Crippen molar-refractivity contribution in [2.75, 3.05) is 13.1 Å². The standard InChI is InChI=1S/C20H18N2O5/c1-13-2-5-15(21-26)12-18(13)19(23)22-10-8-17(9-11-22)27-16-6-3-14(4-7-16)20(24)25/h2-3,5-6,12,17H,8-11H2,1H3,(H,24,25). The van der Waals surface area contributed by atoms with Gasteiger partial charge in [0.2, 0.25) is 0 Å². The number of carbonyl (C=O) groups excluding carboxylic acids is 1. The van der Waals surface area contributed by atoms with Crippen LogP contribution in [0.3, 0.4) is 0 Å². The Hall–Kier alpha value is -3.40. The molecule has 1 aromatic rings. The molecule has 0 radical (unpaired) electrons. The Kier molecular flexibility index (Phi) is 5.36. The van der Waals surface area contributed by atoms with Crippen LogP contribution in [0, 0.1) is 11.8 Å². The zero-order chi connectivity index (χ0) is 19.4. The van der Waals surface area contributed by atoms with Gasteiger partial charge in [-0.05, 0) is 47.7 Å². The predicted molar refractivity (Wildman–Crippen MR) is 97.5 cm³/mol. The summed E-state index contributed by atoms with van der Waals surface area (Å²) >= 11 is 0. The fourth-order valence-corrected chi connectivity index (χ4v) is 2.99. The van der Waals surface area contributed by atoms with Gasteiger partial charge in [0.15, 0.2) is 5.76 Å². The maximum Gasteiger partial charge on any atom is 0.344 e. The molecule has 0 unspecified atom stereocenters. The van der Waals surface area contributed by atoms with E-state index in [1.165, 1.54) is 12.1 Å². The number of carboxylic acid groups (broad SMARTS) is 1. The van der Waals surface area contributed by atoms with Crippen molar-refractivity contribution >= 4 is 17.6 Å². The molecule has 1 saturated heterocycles. The molecule has 138 valence electrons. The number of rotatable bonds is 5. The van der Waals surface area contributed by atoms with Gasteiger partial charge >= 0.3 is 5.97 Å². The van der Waals surface area contributed by atoms with Crippen molar-refractivity contribution in [2.24, 2.45) is 5.18 Å². The number of amides is 1. The number of aliphatic carboxylic acids is 1. The van der Waals surface area contributed by atoms with Crippen molar-refractivity contribution < 1.29 is 19.4 Å². The van der Waals surface area contributed by atoms with Gasteiger partial charge in [0, 0.05) is 31.5 Å². The number of nitroso groups, excluding NO2 is 1. The van der Waals surface area contributed by atoms with Crippen LogP contribution in [-0.2, 0) is 9.53 Å². The van der Waals surface area contributed by atoms with E-state index in [-0.39, 0.29) is 23.3 Å². The Balaban J connectivity index is 1.62. The van der Waals surface area contributed by atoms with Gasteiger partial charge in [-0.3, -0.25) is 4.79 Å². The highest BCUT2D eigenvalue weighted by Gasteiger charge is 2.26. The number of hydrogen-bond donors (Lipinski definition) is 1. The highest BCUT2D eigenvalue weighted by atomic mass is 16.5. The lowest BCUT2D eigenvalue weighted by Gasteiger charge is -2.32. The summed E-state index contributed by atoms with van der Waals surface area (Å²) in [5.74, 6) is -0.749. The lowest BCUT2D eigenvalue weighted by atomic mass is 10.0. The molecule has 1 heterocycles. The van der Waals surface area contributed by atoms with Crippen LogP contribution in [0.1, 0.15) is 28.8 Å². The van der Waals surface area contributed by atoms with E-state index in [4.69, 9.17) is 9.84 Å². The Labute approximate surface area is 155 Å². The number of ether oxygens (including phenoxy) is 1. The molecule has 1 fully saturated rings. The van der Waals surface area contributed by atoms with Crippen LogP contribution in [0.4, 0.5) is 5.69 Å². The molecule has 2 aliphatic rings. The number of likely N-dealkylation sites (tertiary alicyclic amines) is 1. The first kappa shape index (κ1) is 18.4. The van der Waals surface area contributed by atoms with Gasteiger partial charge in [-0.15, -0.1) is 4.91 Å². The molecule has 1 amide bonds. The van der Waals surface area contributed by atoms with Gasteiger partial charge in [0.05, 0.1) is 0 Å². The molecule has 1 N–H and O–H groups in total. The van der Waals surface area contributed by atoms with Crippen LogP contribution in [0.5, 0.6) is 0 Å². The average Bonchev–Trinajstić information content (AvgIpc) is 2.69. The van der Waals surface area contributed by atoms with Gasteiger partial charge < -0.3 is 14.7 Å². The normalized spacial score (nSPS) is 16.6. The largest absolute Gasteiger partial charge is 0.482 e. The van der Waals surface area contributed by atoms with Gasteiger partial charge in [-0.2, -0.15) is 0 Å². The average molecular weight is 366 g/mol. The summed E-state index contributed by atoms with van der Waals surface area (Å²) in [5.41, 5.74) is 6.79. The molecule has 7 nitrogen and oxygen atoms in total. The van der Waals surface area contributed by atoms with E-state index >= 15 is 0 Å². The topological polar surface area (TPSA) is 96.3 Å². The van der Waals surface area contributed by atoms with Crippen LogP contribution >= 0.6 is 0 Å². The summed E-state index contributed by atoms with van der Waals surface area (Å²) in [6.45, 7) is 2.88. The van der Waals surface area contributed by atoms with Crippen LogP contribution in [0.2, 0.25) is 0 Å². The molecular formula is C20H18N2O5. The van der Waals surface area contributed by atoms with E-state index in [0.717, 1.165) is 5.56 Å². The summed E-state index contributed by atoms with van der Waals surface area (Å²) in [6, 6.07) is 4.82. The van der Waals surface area contributed by atoms with E-state index in [2.05, 4.69) is 16.6 Å². The van der Waals surface area contributed by atoms with Crippen LogP contribution < -0.4 is 0 Å². The molecule has 1 aromatic carbocycles. The lowest BCUT2D eigenvalue weighted by Crippen LogP contribution is -2.41. The highest BCUT2D eigenvalue weighted by molar-refractivity contribution is 5.96. The monoisotopic (exact) mass is 366 g/mol. The summed E-state index contributed by atoms with van der Waals surface area (Å²) in [7, 11) is 0. The molecule has 0 saturated carbocycles. The first-order valence-corrected chi connectivity index (χ1v) is 8.55. The Morgan fingerprint density at radius 2 is 1.96 bits per heavy atom. The summed E-state index contributed by atoms with van der Waals surface area (Å²) in [6.07, 6.45) is 4.18. The van der Waals surface area contributed by atoms with Crippen molar-refractivity contribution in [3.8, 4) is 0 Å². The zero-order valence-corrected chi connectivity index (χ0v) is 14.8. The first-order valence-electron chi connectivity index (χ1n) is 8.55. The lowest BCUT2D eigenvalue weighted by molar-refractivity contribution is -0.132. The number of piperidine rings is 1. The maximum atomic E-state index is 12.7. The minimum Gasteiger partial charge on any atom is -0.482 e. The molecular weight excluding hydrogens is 348 g/mol.